The van der Waals surface area contributed by atoms with Gasteiger partial charge in [-0.15, -0.1) is 0 Å². The average Bonchev–Trinajstić information content (AvgIpc) is 4.33. The number of anilines is 4. The Morgan fingerprint density at radius 1 is 0.817 bits per heavy atom. The summed E-state index contributed by atoms with van der Waals surface area (Å²) in [5.41, 5.74) is 12.8. The van der Waals surface area contributed by atoms with Gasteiger partial charge in [0.15, 0.2) is 5.82 Å². The van der Waals surface area contributed by atoms with E-state index in [0.717, 1.165) is 130 Å². The van der Waals surface area contributed by atoms with Crippen molar-refractivity contribution in [3.63, 3.8) is 0 Å². The van der Waals surface area contributed by atoms with E-state index in [0.29, 0.717) is 60.5 Å². The van der Waals surface area contributed by atoms with E-state index in [1.807, 2.05) is 24.4 Å². The molecule has 6 aliphatic heterocycles. The molecule has 5 N–H and O–H groups in total. The molecule has 8 heterocycles. The molecule has 5 aromatic rings. The monoisotopic (exact) mass is 1120 g/mol. The summed E-state index contributed by atoms with van der Waals surface area (Å²) < 4.78 is 43.0. The molecule has 0 spiro atoms. The number of amides is 2. The van der Waals surface area contributed by atoms with Crippen molar-refractivity contribution in [3.05, 3.63) is 114 Å². The molecule has 2 amide bonds. The van der Waals surface area contributed by atoms with Gasteiger partial charge in [-0.25, -0.2) is 19.6 Å². The number of halogens is 2. The highest BCUT2D eigenvalue weighted by molar-refractivity contribution is 6.05. The number of hydrogen-bond acceptors (Lipinski definition) is 13. The van der Waals surface area contributed by atoms with Crippen LogP contribution in [0.4, 0.5) is 31.7 Å². The number of carbonyl (C=O) groups excluding carboxylic acids is 2. The first-order chi connectivity index (χ1) is 39.9. The predicted molar refractivity (Wildman–Crippen MR) is 323 cm³/mol. The first kappa shape index (κ1) is 56.9. The molecule has 2 aromatic heterocycles. The summed E-state index contributed by atoms with van der Waals surface area (Å²) in [6.07, 6.45) is 18.6. The van der Waals surface area contributed by atoms with Crippen molar-refractivity contribution in [2.24, 2.45) is 29.3 Å². The number of nitrogens with zero attached hydrogens (tertiary/aromatic N) is 9. The van der Waals surface area contributed by atoms with E-state index in [4.69, 9.17) is 26.0 Å². The van der Waals surface area contributed by atoms with Crippen LogP contribution in [0, 0.1) is 29.4 Å². The smallest absolute Gasteiger partial charge is 0.269 e. The van der Waals surface area contributed by atoms with Crippen molar-refractivity contribution in [3.8, 4) is 16.9 Å². The number of fused-ring (bicyclic) bond motifs is 4. The minimum absolute atomic E-state index is 0.0831. The van der Waals surface area contributed by atoms with E-state index in [2.05, 4.69) is 59.8 Å². The van der Waals surface area contributed by atoms with Gasteiger partial charge in [0.25, 0.3) is 5.91 Å². The minimum atomic E-state index is -0.473. The van der Waals surface area contributed by atoms with Gasteiger partial charge in [0.1, 0.15) is 23.1 Å². The van der Waals surface area contributed by atoms with Crippen molar-refractivity contribution >= 4 is 51.2 Å². The number of methoxy groups -OCH3 is 2. The van der Waals surface area contributed by atoms with Crippen LogP contribution in [0.15, 0.2) is 85.3 Å². The van der Waals surface area contributed by atoms with Gasteiger partial charge in [-0.2, -0.15) is 0 Å². The van der Waals surface area contributed by atoms with Crippen LogP contribution >= 0.6 is 0 Å². The number of unbranched alkanes of at least 4 members (excludes halogenated alkanes) is 3. The summed E-state index contributed by atoms with van der Waals surface area (Å²) >= 11 is 0. The van der Waals surface area contributed by atoms with Crippen LogP contribution in [0.25, 0.3) is 27.6 Å². The normalized spacial score (nSPS) is 22.0. The molecule has 12 rings (SSSR count). The van der Waals surface area contributed by atoms with Crippen molar-refractivity contribution in [2.45, 2.75) is 89.3 Å². The lowest BCUT2D eigenvalue weighted by molar-refractivity contribution is -0.130. The van der Waals surface area contributed by atoms with E-state index in [1.54, 1.807) is 51.4 Å². The number of nitrogens with one attached hydrogen (secondary N) is 1. The number of rotatable bonds is 21. The zero-order chi connectivity index (χ0) is 57.0. The predicted octanol–water partition coefficient (Wildman–Crippen LogP) is 9.07. The fourth-order valence-corrected chi connectivity index (χ4v) is 14.5. The fourth-order valence-electron chi connectivity index (χ4n) is 14.5. The Bertz CT molecular complexity index is 3130. The molecule has 18 heteroatoms. The molecule has 4 unspecified atom stereocenters. The Kier molecular flexibility index (Phi) is 17.6. The highest BCUT2D eigenvalue weighted by atomic mass is 19.1. The van der Waals surface area contributed by atoms with Crippen LogP contribution in [-0.4, -0.2) is 160 Å². The maximum absolute atomic E-state index is 16.8. The van der Waals surface area contributed by atoms with Gasteiger partial charge < -0.3 is 54.6 Å². The largest absolute Gasteiger partial charge is 0.496 e. The lowest BCUT2D eigenvalue weighted by Crippen LogP contribution is -2.55. The third kappa shape index (κ3) is 12.1. The quantitative estimate of drug-likeness (QED) is 0.0363. The van der Waals surface area contributed by atoms with Crippen LogP contribution in [0.1, 0.15) is 92.2 Å². The Balaban J connectivity index is 0.647. The van der Waals surface area contributed by atoms with Crippen LogP contribution in [-0.2, 0) is 16.1 Å². The van der Waals surface area contributed by atoms with Crippen LogP contribution in [0.5, 0.6) is 5.75 Å². The zero-order valence-corrected chi connectivity index (χ0v) is 48.5. The summed E-state index contributed by atoms with van der Waals surface area (Å²) in [5.74, 6) is 9.03. The average molecular weight is 1120 g/mol. The molecule has 4 atom stereocenters. The number of benzene rings is 3. The molecular formula is C64H84F2N12O4. The molecule has 1 saturated carbocycles. The molecule has 6 fully saturated rings. The number of H-pyrrole nitrogens is 1. The van der Waals surface area contributed by atoms with E-state index in [-0.39, 0.29) is 41.8 Å². The third-order valence-electron chi connectivity index (χ3n) is 18.7. The Morgan fingerprint density at radius 2 is 1.61 bits per heavy atom. The Hall–Kier alpha value is -6.89. The highest BCUT2D eigenvalue weighted by Gasteiger charge is 2.46. The summed E-state index contributed by atoms with van der Waals surface area (Å²) in [5, 5.41) is 1.95. The summed E-state index contributed by atoms with van der Waals surface area (Å²) in [6, 6.07) is 20.4. The number of pyridine rings is 1. The maximum atomic E-state index is 16.8. The topological polar surface area (TPSA) is 159 Å². The second-order valence-electron chi connectivity index (χ2n) is 23.9. The number of piperidine rings is 3. The van der Waals surface area contributed by atoms with Crippen molar-refractivity contribution in [1.29, 1.82) is 0 Å². The molecule has 7 aliphatic rings. The highest BCUT2D eigenvalue weighted by Crippen LogP contribution is 2.50. The summed E-state index contributed by atoms with van der Waals surface area (Å²) in [7, 11) is 6.67. The molecule has 82 heavy (non-hydrogen) atoms. The molecule has 0 radical (unpaired) electrons. The van der Waals surface area contributed by atoms with Gasteiger partial charge in [0.2, 0.25) is 5.91 Å². The lowest BCUT2D eigenvalue weighted by atomic mass is 9.60. The second-order valence-corrected chi connectivity index (χ2v) is 23.9. The van der Waals surface area contributed by atoms with Crippen LogP contribution in [0.2, 0.25) is 0 Å². The maximum Gasteiger partial charge on any atom is 0.269 e. The number of piperazine rings is 1. The summed E-state index contributed by atoms with van der Waals surface area (Å²) in [4.78, 5) is 50.4. The van der Waals surface area contributed by atoms with Gasteiger partial charge >= 0.3 is 0 Å². The summed E-state index contributed by atoms with van der Waals surface area (Å²) in [6.45, 7) is 10.6. The van der Waals surface area contributed by atoms with Gasteiger partial charge in [0, 0.05) is 164 Å². The van der Waals surface area contributed by atoms with Crippen molar-refractivity contribution in [2.75, 3.05) is 126 Å². The van der Waals surface area contributed by atoms with Crippen LogP contribution < -0.4 is 35.9 Å². The first-order valence-electron chi connectivity index (χ1n) is 30.0. The number of carbonyl (C=O) groups is 2. The molecule has 438 valence electrons. The van der Waals surface area contributed by atoms with Crippen LogP contribution in [0.3, 0.4) is 0 Å². The molecule has 2 bridgehead atoms. The van der Waals surface area contributed by atoms with Crippen molar-refractivity contribution in [1.82, 2.24) is 29.7 Å². The molecule has 1 aliphatic carbocycles. The van der Waals surface area contributed by atoms with Gasteiger partial charge in [-0.05, 0) is 134 Å². The third-order valence-corrected chi connectivity index (χ3v) is 18.7. The SMILES string of the molecule is COCc1cc(F)cc(N2CCCC3C2CCN3c2cc(N3CC4CC(C3)C4CCCCCCN3CCN(c4ccc(-c5cc(C6=CCCN(C(=O)CCN(N)/C=C\N)C6)c(F)c6[nH]c(C(=O)N(C)C)cc56)c(OC)c4)CC3)ccn2)c1. The number of nitrogens with two attached hydrogens (primary N) is 2. The molecular weight excluding hydrogens is 1040 g/mol. The second kappa shape index (κ2) is 25.3. The van der Waals surface area contributed by atoms with E-state index in [1.165, 1.54) is 66.5 Å². The first-order valence-corrected chi connectivity index (χ1v) is 30.0. The molecule has 3 aromatic carbocycles. The van der Waals surface area contributed by atoms with Gasteiger partial charge in [-0.3, -0.25) is 14.5 Å². The lowest BCUT2D eigenvalue weighted by Gasteiger charge is -2.54. The van der Waals surface area contributed by atoms with E-state index < -0.39 is 5.82 Å². The number of ether oxygens (including phenoxy) is 2. The fraction of sp³-hybridized carbons (Fsp3) is 0.516. The Morgan fingerprint density at radius 3 is 2.39 bits per heavy atom. The number of aromatic amines is 1. The number of hydrazine groups is 1. The molecule has 16 nitrogen and oxygen atoms in total. The molecule has 5 saturated heterocycles. The Labute approximate surface area is 482 Å². The van der Waals surface area contributed by atoms with E-state index in [9.17, 15) is 14.0 Å². The standard InChI is InChI=1S/C64H84F2N12O4/c1-71(2)64(80)56-38-55-54(37-53(62(66)63(55)70-56)44-11-9-22-74(39-44)61(79)18-24-76(68)26-19-67)52-15-14-48(35-59(52)82-4)73-29-27-72(28-30-73)21-8-6-5-7-12-51-45-33-46(51)41-75(40-45)49-16-20-69-60(36-49)78-25-17-58-57(78)13-10-23-77(58)50-32-43(42-81-3)31-47(65)34-50/h11,14-16,19-20,26,31-32,34-38,45-46,51,57-58,70H,5-10,12-13,17-18,21-25,27-30,33,39-42,67-68H2,1-4H3/b26-19-. The minimum Gasteiger partial charge on any atom is -0.496 e. The number of aromatic nitrogens is 2. The zero-order valence-electron chi connectivity index (χ0n) is 48.5. The van der Waals surface area contributed by atoms with Gasteiger partial charge in [-0.1, -0.05) is 25.3 Å². The number of hydrogen-bond donors (Lipinski definition) is 3. The van der Waals surface area contributed by atoms with Gasteiger partial charge in [0.05, 0.1) is 31.3 Å². The van der Waals surface area contributed by atoms with Crippen molar-refractivity contribution < 1.29 is 27.8 Å². The van der Waals surface area contributed by atoms with E-state index >= 15 is 4.39 Å².